The molecule has 0 aromatic rings. The summed E-state index contributed by atoms with van der Waals surface area (Å²) >= 11 is 0. The molecule has 16 heavy (non-hydrogen) atoms. The van der Waals surface area contributed by atoms with Crippen LogP contribution in [-0.2, 0) is 0 Å². The summed E-state index contributed by atoms with van der Waals surface area (Å²) in [7, 11) is 0. The Kier molecular flexibility index (Phi) is 4.66. The van der Waals surface area contributed by atoms with Crippen LogP contribution in [0.15, 0.2) is 0 Å². The molecule has 0 aromatic carbocycles. The minimum Gasteiger partial charge on any atom is -0.317 e. The van der Waals surface area contributed by atoms with Crippen LogP contribution in [0.4, 0.5) is 0 Å². The van der Waals surface area contributed by atoms with Gasteiger partial charge in [0.1, 0.15) is 0 Å². The molecular formula is C14H28N2. The van der Waals surface area contributed by atoms with Crippen molar-refractivity contribution in [1.82, 2.24) is 10.2 Å². The lowest BCUT2D eigenvalue weighted by Gasteiger charge is -2.38. The van der Waals surface area contributed by atoms with Crippen LogP contribution in [0, 0.1) is 11.8 Å². The van der Waals surface area contributed by atoms with Crippen molar-refractivity contribution in [1.29, 1.82) is 0 Å². The van der Waals surface area contributed by atoms with Crippen LogP contribution in [0.1, 0.15) is 46.0 Å². The molecule has 0 amide bonds. The van der Waals surface area contributed by atoms with Gasteiger partial charge >= 0.3 is 0 Å². The molecule has 0 aromatic heterocycles. The van der Waals surface area contributed by atoms with Crippen molar-refractivity contribution in [3.8, 4) is 0 Å². The van der Waals surface area contributed by atoms with Gasteiger partial charge in [-0.1, -0.05) is 20.3 Å². The average molecular weight is 224 g/mol. The zero-order valence-electron chi connectivity index (χ0n) is 11.0. The van der Waals surface area contributed by atoms with Crippen LogP contribution in [0.25, 0.3) is 0 Å². The molecule has 1 heterocycles. The van der Waals surface area contributed by atoms with Gasteiger partial charge in [-0.3, -0.25) is 0 Å². The highest BCUT2D eigenvalue weighted by Gasteiger charge is 2.31. The van der Waals surface area contributed by atoms with E-state index >= 15 is 0 Å². The van der Waals surface area contributed by atoms with E-state index in [9.17, 15) is 0 Å². The maximum atomic E-state index is 3.49. The van der Waals surface area contributed by atoms with Gasteiger partial charge in [-0.15, -0.1) is 0 Å². The first kappa shape index (κ1) is 12.4. The van der Waals surface area contributed by atoms with E-state index in [-0.39, 0.29) is 0 Å². The maximum Gasteiger partial charge on any atom is 0.0121 e. The number of nitrogens with one attached hydrogen (secondary N) is 1. The van der Waals surface area contributed by atoms with E-state index in [0.29, 0.717) is 0 Å². The zero-order chi connectivity index (χ0) is 11.4. The molecule has 0 bridgehead atoms. The molecule has 2 aliphatic rings. The Morgan fingerprint density at radius 1 is 1.12 bits per heavy atom. The van der Waals surface area contributed by atoms with E-state index < -0.39 is 0 Å². The molecule has 1 aliphatic carbocycles. The molecule has 2 unspecified atom stereocenters. The summed E-state index contributed by atoms with van der Waals surface area (Å²) in [6.07, 6.45) is 7.20. The van der Waals surface area contributed by atoms with Gasteiger partial charge in [0.25, 0.3) is 0 Å². The molecule has 0 radical (unpaired) electrons. The number of hydrogen-bond acceptors (Lipinski definition) is 2. The van der Waals surface area contributed by atoms with Gasteiger partial charge in [0, 0.05) is 6.04 Å². The monoisotopic (exact) mass is 224 g/mol. The van der Waals surface area contributed by atoms with Crippen molar-refractivity contribution >= 4 is 0 Å². The highest BCUT2D eigenvalue weighted by Crippen LogP contribution is 2.31. The van der Waals surface area contributed by atoms with Crippen LogP contribution >= 0.6 is 0 Å². The molecule has 2 heteroatoms. The molecule has 1 aliphatic heterocycles. The Hall–Kier alpha value is -0.0800. The van der Waals surface area contributed by atoms with E-state index in [4.69, 9.17) is 0 Å². The number of rotatable bonds is 4. The highest BCUT2D eigenvalue weighted by atomic mass is 15.2. The summed E-state index contributed by atoms with van der Waals surface area (Å²) in [5.74, 6) is 1.89. The Labute approximate surface area is 101 Å². The van der Waals surface area contributed by atoms with Crippen LogP contribution < -0.4 is 5.32 Å². The largest absolute Gasteiger partial charge is 0.317 e. The number of hydrogen-bond donors (Lipinski definition) is 1. The maximum absolute atomic E-state index is 3.49. The van der Waals surface area contributed by atoms with Gasteiger partial charge in [0.15, 0.2) is 0 Å². The van der Waals surface area contributed by atoms with E-state index in [0.717, 1.165) is 24.4 Å². The summed E-state index contributed by atoms with van der Waals surface area (Å²) in [6, 6.07) is 0.917. The lowest BCUT2D eigenvalue weighted by Crippen LogP contribution is -2.44. The van der Waals surface area contributed by atoms with Gasteiger partial charge < -0.3 is 10.2 Å². The predicted molar refractivity (Wildman–Crippen MR) is 69.6 cm³/mol. The SMILES string of the molecule is CCNCC1CCN(C2CCCC2C)CC1. The molecule has 0 spiro atoms. The second-order valence-electron chi connectivity index (χ2n) is 5.76. The molecule has 2 atom stereocenters. The van der Waals surface area contributed by atoms with E-state index in [2.05, 4.69) is 24.1 Å². The Morgan fingerprint density at radius 2 is 1.88 bits per heavy atom. The summed E-state index contributed by atoms with van der Waals surface area (Å²) in [6.45, 7) is 9.72. The highest BCUT2D eigenvalue weighted by molar-refractivity contribution is 4.86. The predicted octanol–water partition coefficient (Wildman–Crippen LogP) is 2.50. The zero-order valence-corrected chi connectivity index (χ0v) is 11.0. The van der Waals surface area contributed by atoms with E-state index in [1.165, 1.54) is 51.7 Å². The smallest absolute Gasteiger partial charge is 0.0121 e. The van der Waals surface area contributed by atoms with Crippen LogP contribution in [-0.4, -0.2) is 37.1 Å². The number of likely N-dealkylation sites (tertiary alicyclic amines) is 1. The molecule has 2 nitrogen and oxygen atoms in total. The van der Waals surface area contributed by atoms with Crippen molar-refractivity contribution in [2.45, 2.75) is 52.0 Å². The Bertz CT molecular complexity index is 197. The van der Waals surface area contributed by atoms with E-state index in [1.807, 2.05) is 0 Å². The molecule has 1 saturated heterocycles. The summed E-state index contributed by atoms with van der Waals surface area (Å²) < 4.78 is 0. The fourth-order valence-corrected chi connectivity index (χ4v) is 3.51. The lowest BCUT2D eigenvalue weighted by atomic mass is 9.94. The minimum absolute atomic E-state index is 0.917. The van der Waals surface area contributed by atoms with Crippen molar-refractivity contribution in [3.05, 3.63) is 0 Å². The first-order valence-corrected chi connectivity index (χ1v) is 7.26. The molecule has 1 saturated carbocycles. The average Bonchev–Trinajstić information content (AvgIpc) is 2.74. The quantitative estimate of drug-likeness (QED) is 0.789. The summed E-state index contributed by atoms with van der Waals surface area (Å²) in [5.41, 5.74) is 0. The number of piperidine rings is 1. The second kappa shape index (κ2) is 6.02. The standard InChI is InChI=1S/C14H28N2/c1-3-15-11-13-7-9-16(10-8-13)14-6-4-5-12(14)2/h12-15H,3-11H2,1-2H3. The van der Waals surface area contributed by atoms with Crippen molar-refractivity contribution in [2.75, 3.05) is 26.2 Å². The fraction of sp³-hybridized carbons (Fsp3) is 1.00. The number of nitrogens with zero attached hydrogens (tertiary/aromatic N) is 1. The van der Waals surface area contributed by atoms with Gasteiger partial charge in [-0.2, -0.15) is 0 Å². The van der Waals surface area contributed by atoms with Crippen LogP contribution in [0.5, 0.6) is 0 Å². The van der Waals surface area contributed by atoms with Crippen LogP contribution in [0.2, 0.25) is 0 Å². The van der Waals surface area contributed by atoms with Crippen LogP contribution in [0.3, 0.4) is 0 Å². The third kappa shape index (κ3) is 2.98. The second-order valence-corrected chi connectivity index (χ2v) is 5.76. The Morgan fingerprint density at radius 3 is 2.44 bits per heavy atom. The molecule has 1 N–H and O–H groups in total. The van der Waals surface area contributed by atoms with Crippen molar-refractivity contribution in [3.63, 3.8) is 0 Å². The molecule has 94 valence electrons. The van der Waals surface area contributed by atoms with Gasteiger partial charge in [0.2, 0.25) is 0 Å². The van der Waals surface area contributed by atoms with Gasteiger partial charge in [-0.25, -0.2) is 0 Å². The van der Waals surface area contributed by atoms with E-state index in [1.54, 1.807) is 0 Å². The fourth-order valence-electron chi connectivity index (χ4n) is 3.51. The van der Waals surface area contributed by atoms with Crippen molar-refractivity contribution in [2.24, 2.45) is 11.8 Å². The summed E-state index contributed by atoms with van der Waals surface area (Å²) in [4.78, 5) is 2.78. The van der Waals surface area contributed by atoms with Crippen molar-refractivity contribution < 1.29 is 0 Å². The van der Waals surface area contributed by atoms with Gasteiger partial charge in [-0.05, 0) is 63.7 Å². The first-order chi connectivity index (χ1) is 7.81. The topological polar surface area (TPSA) is 15.3 Å². The Balaban J connectivity index is 1.72. The molecule has 2 fully saturated rings. The minimum atomic E-state index is 0.917. The van der Waals surface area contributed by atoms with Gasteiger partial charge in [0.05, 0.1) is 0 Å². The normalized spacial score (nSPS) is 33.4. The summed E-state index contributed by atoms with van der Waals surface area (Å²) in [5, 5.41) is 3.49. The molecule has 2 rings (SSSR count). The third-order valence-electron chi connectivity index (χ3n) is 4.62. The lowest BCUT2D eigenvalue weighted by molar-refractivity contribution is 0.112. The third-order valence-corrected chi connectivity index (χ3v) is 4.62. The molecular weight excluding hydrogens is 196 g/mol. The first-order valence-electron chi connectivity index (χ1n) is 7.26.